The maximum atomic E-state index is 11.3. The predicted molar refractivity (Wildman–Crippen MR) is 63.1 cm³/mol. The number of halogens is 2. The molecule has 1 unspecified atom stereocenters. The van der Waals surface area contributed by atoms with Crippen LogP contribution >= 0.6 is 23.2 Å². The molecule has 16 heavy (non-hydrogen) atoms. The van der Waals surface area contributed by atoms with Gasteiger partial charge in [-0.2, -0.15) is 0 Å². The molecular formula is C11H9Cl2NO2. The van der Waals surface area contributed by atoms with Crippen LogP contribution in [0.4, 0.5) is 0 Å². The minimum atomic E-state index is -0.362. The van der Waals surface area contributed by atoms with E-state index in [1.54, 1.807) is 31.2 Å². The molecular weight excluding hydrogens is 249 g/mol. The number of benzene rings is 1. The lowest BCUT2D eigenvalue weighted by atomic mass is 10.2. The molecule has 1 aromatic carbocycles. The lowest BCUT2D eigenvalue weighted by Gasteiger charge is -2.00. The minimum absolute atomic E-state index is 0.290. The molecule has 0 saturated carbocycles. The highest BCUT2D eigenvalue weighted by atomic mass is 35.5. The third-order valence-electron chi connectivity index (χ3n) is 2.12. The van der Waals surface area contributed by atoms with Gasteiger partial charge in [-0.1, -0.05) is 29.3 Å². The van der Waals surface area contributed by atoms with Gasteiger partial charge in [0.1, 0.15) is 5.70 Å². The minimum Gasteiger partial charge on any atom is -0.437 e. The number of carbonyl (C=O) groups excluding carboxylic acids is 1. The summed E-state index contributed by atoms with van der Waals surface area (Å²) in [5.74, 6) is -0.362. The topological polar surface area (TPSA) is 38.3 Å². The van der Waals surface area contributed by atoms with E-state index in [1.165, 1.54) is 0 Å². The maximum Gasteiger partial charge on any atom is 0.356 e. The van der Waals surface area contributed by atoms with Crippen molar-refractivity contribution >= 4 is 35.2 Å². The molecule has 0 aromatic heterocycles. The first-order chi connectivity index (χ1) is 7.56. The Labute approximate surface area is 103 Å². The van der Waals surface area contributed by atoms with Crippen LogP contribution in [-0.2, 0) is 9.53 Å². The van der Waals surface area contributed by atoms with Gasteiger partial charge in [-0.05, 0) is 30.7 Å². The van der Waals surface area contributed by atoms with Crippen LogP contribution in [-0.4, -0.2) is 12.2 Å². The summed E-state index contributed by atoms with van der Waals surface area (Å²) in [5, 5.41) is 3.84. The molecule has 1 aliphatic rings. The number of nitrogens with one attached hydrogen (secondary N) is 1. The fourth-order valence-corrected chi connectivity index (χ4v) is 1.71. The molecule has 1 aromatic rings. The average molecular weight is 258 g/mol. The molecule has 84 valence electrons. The quantitative estimate of drug-likeness (QED) is 0.621. The van der Waals surface area contributed by atoms with Crippen molar-refractivity contribution in [1.82, 2.24) is 5.32 Å². The number of esters is 1. The van der Waals surface area contributed by atoms with Gasteiger partial charge < -0.3 is 10.1 Å². The van der Waals surface area contributed by atoms with Crippen molar-refractivity contribution in [3.8, 4) is 0 Å². The van der Waals surface area contributed by atoms with E-state index in [0.717, 1.165) is 5.56 Å². The Morgan fingerprint density at radius 3 is 2.69 bits per heavy atom. The first-order valence-corrected chi connectivity index (χ1v) is 5.46. The molecule has 0 amide bonds. The van der Waals surface area contributed by atoms with Crippen LogP contribution in [0.2, 0.25) is 10.0 Å². The van der Waals surface area contributed by atoms with E-state index < -0.39 is 0 Å². The molecule has 0 aliphatic carbocycles. The molecule has 1 fully saturated rings. The van der Waals surface area contributed by atoms with Crippen molar-refractivity contribution in [2.24, 2.45) is 0 Å². The van der Waals surface area contributed by atoms with Crippen molar-refractivity contribution in [3.05, 3.63) is 39.5 Å². The molecule has 1 aliphatic heterocycles. The highest BCUT2D eigenvalue weighted by Gasteiger charge is 2.23. The molecule has 1 N–H and O–H groups in total. The van der Waals surface area contributed by atoms with Gasteiger partial charge >= 0.3 is 5.97 Å². The zero-order valence-corrected chi connectivity index (χ0v) is 9.97. The highest BCUT2D eigenvalue weighted by Crippen LogP contribution is 2.24. The zero-order valence-electron chi connectivity index (χ0n) is 8.46. The molecule has 3 nitrogen and oxygen atoms in total. The van der Waals surface area contributed by atoms with Gasteiger partial charge in [0.25, 0.3) is 0 Å². The normalized spacial score (nSPS) is 22.1. The fourth-order valence-electron chi connectivity index (χ4n) is 1.40. The van der Waals surface area contributed by atoms with E-state index in [4.69, 9.17) is 27.9 Å². The molecule has 0 bridgehead atoms. The summed E-state index contributed by atoms with van der Waals surface area (Å²) in [6.45, 7) is 1.76. The van der Waals surface area contributed by atoms with E-state index >= 15 is 0 Å². The molecule has 0 radical (unpaired) electrons. The first-order valence-electron chi connectivity index (χ1n) is 4.70. The van der Waals surface area contributed by atoms with E-state index in [0.29, 0.717) is 15.7 Å². The third kappa shape index (κ3) is 2.31. The van der Waals surface area contributed by atoms with Crippen molar-refractivity contribution in [3.63, 3.8) is 0 Å². The monoisotopic (exact) mass is 257 g/mol. The summed E-state index contributed by atoms with van der Waals surface area (Å²) in [5.41, 5.74) is 1.22. The number of hydrogen-bond donors (Lipinski definition) is 1. The molecule has 1 saturated heterocycles. The summed E-state index contributed by atoms with van der Waals surface area (Å²) in [6.07, 6.45) is 1.38. The van der Waals surface area contributed by atoms with Gasteiger partial charge in [0.2, 0.25) is 0 Å². The summed E-state index contributed by atoms with van der Waals surface area (Å²) in [7, 11) is 0. The van der Waals surface area contributed by atoms with Crippen molar-refractivity contribution in [2.75, 3.05) is 0 Å². The number of ether oxygens (including phenoxy) is 1. The molecule has 1 atom stereocenters. The smallest absolute Gasteiger partial charge is 0.356 e. The standard InChI is InChI=1S/C11H9Cl2NO2/c1-6-14-10(11(15)16-6)5-7-2-3-8(12)9(13)4-7/h2-6,14H,1H3/b10-5+. The van der Waals surface area contributed by atoms with Crippen LogP contribution in [0.15, 0.2) is 23.9 Å². The van der Waals surface area contributed by atoms with Crippen LogP contribution in [0.1, 0.15) is 12.5 Å². The summed E-state index contributed by atoms with van der Waals surface area (Å²) in [4.78, 5) is 11.3. The van der Waals surface area contributed by atoms with E-state index in [2.05, 4.69) is 5.32 Å². The van der Waals surface area contributed by atoms with Gasteiger partial charge in [-0.3, -0.25) is 0 Å². The third-order valence-corrected chi connectivity index (χ3v) is 2.86. The van der Waals surface area contributed by atoms with Crippen LogP contribution in [0, 0.1) is 0 Å². The number of hydrogen-bond acceptors (Lipinski definition) is 3. The first kappa shape index (κ1) is 11.3. The van der Waals surface area contributed by atoms with Crippen molar-refractivity contribution in [2.45, 2.75) is 13.2 Å². The summed E-state index contributed by atoms with van der Waals surface area (Å²) >= 11 is 11.7. The van der Waals surface area contributed by atoms with E-state index in [1.807, 2.05) is 0 Å². The van der Waals surface area contributed by atoms with Crippen LogP contribution in [0.5, 0.6) is 0 Å². The Morgan fingerprint density at radius 2 is 2.12 bits per heavy atom. The summed E-state index contributed by atoms with van der Waals surface area (Å²) in [6, 6.07) is 5.15. The average Bonchev–Trinajstić information content (AvgIpc) is 2.51. The Morgan fingerprint density at radius 1 is 1.38 bits per heavy atom. The predicted octanol–water partition coefficient (Wildman–Crippen LogP) is 2.83. The summed E-state index contributed by atoms with van der Waals surface area (Å²) < 4.78 is 4.92. The van der Waals surface area contributed by atoms with E-state index in [9.17, 15) is 4.79 Å². The van der Waals surface area contributed by atoms with Crippen LogP contribution in [0.25, 0.3) is 6.08 Å². The maximum absolute atomic E-state index is 11.3. The van der Waals surface area contributed by atoms with Gasteiger partial charge in [-0.25, -0.2) is 4.79 Å². The fraction of sp³-hybridized carbons (Fsp3) is 0.182. The number of carbonyl (C=O) groups is 1. The van der Waals surface area contributed by atoms with Gasteiger partial charge in [0.05, 0.1) is 10.0 Å². The van der Waals surface area contributed by atoms with Crippen molar-refractivity contribution < 1.29 is 9.53 Å². The lowest BCUT2D eigenvalue weighted by Crippen LogP contribution is -2.16. The SMILES string of the molecule is CC1N/C(=C/c2ccc(Cl)c(Cl)c2)C(=O)O1. The molecule has 5 heteroatoms. The molecule has 1 heterocycles. The van der Waals surface area contributed by atoms with Gasteiger partial charge in [0, 0.05) is 0 Å². The van der Waals surface area contributed by atoms with E-state index in [-0.39, 0.29) is 12.2 Å². The van der Waals surface area contributed by atoms with Gasteiger partial charge in [0.15, 0.2) is 6.23 Å². The Kier molecular flexibility index (Phi) is 3.08. The Hall–Kier alpha value is -1.19. The zero-order chi connectivity index (χ0) is 11.7. The number of cyclic esters (lactones) is 1. The van der Waals surface area contributed by atoms with Crippen LogP contribution in [0.3, 0.4) is 0 Å². The van der Waals surface area contributed by atoms with Crippen molar-refractivity contribution in [1.29, 1.82) is 0 Å². The molecule has 2 rings (SSSR count). The lowest BCUT2D eigenvalue weighted by molar-refractivity contribution is -0.138. The van der Waals surface area contributed by atoms with Crippen LogP contribution < -0.4 is 5.32 Å². The second-order valence-corrected chi connectivity index (χ2v) is 4.24. The number of rotatable bonds is 1. The largest absolute Gasteiger partial charge is 0.437 e. The second-order valence-electron chi connectivity index (χ2n) is 3.42. The second kappa shape index (κ2) is 4.36. The molecule has 0 spiro atoms. The Bertz CT molecular complexity index is 471. The Balaban J connectivity index is 2.29. The van der Waals surface area contributed by atoms with Gasteiger partial charge in [-0.15, -0.1) is 0 Å². The highest BCUT2D eigenvalue weighted by molar-refractivity contribution is 6.42.